The molecule has 2 N–H and O–H groups in total. The molecule has 4 aromatic rings. The summed E-state index contributed by atoms with van der Waals surface area (Å²) < 4.78 is 113. The zero-order valence-electron chi connectivity index (χ0n) is 48.1. The fourth-order valence-electron chi connectivity index (χ4n) is 10.5. The van der Waals surface area contributed by atoms with Gasteiger partial charge in [-0.15, -0.1) is 10.2 Å². The molecule has 2 fully saturated rings. The van der Waals surface area contributed by atoms with Crippen LogP contribution in [0.4, 0.5) is 0 Å². The van der Waals surface area contributed by atoms with Crippen LogP contribution in [0.1, 0.15) is 116 Å². The van der Waals surface area contributed by atoms with E-state index in [1.54, 1.807) is 0 Å². The Balaban J connectivity index is 0.00000566. The van der Waals surface area contributed by atoms with Crippen LogP contribution in [0.5, 0.6) is 0 Å². The summed E-state index contributed by atoms with van der Waals surface area (Å²) >= 11 is 6.54. The Hall–Kier alpha value is -3.88. The summed E-state index contributed by atoms with van der Waals surface area (Å²) in [6.45, 7) is 15.2. The van der Waals surface area contributed by atoms with Gasteiger partial charge in [-0.25, -0.2) is 45.4 Å². The number of aromatic nitrogens is 6. The van der Waals surface area contributed by atoms with Crippen LogP contribution in [0.3, 0.4) is 0 Å². The minimum absolute atomic E-state index is 0. The van der Waals surface area contributed by atoms with Crippen molar-refractivity contribution in [2.45, 2.75) is 154 Å². The predicted octanol–water partition coefficient (Wildman–Crippen LogP) is 0.811. The van der Waals surface area contributed by atoms with Crippen molar-refractivity contribution >= 4 is 88.1 Å². The fourth-order valence-corrected chi connectivity index (χ4v) is 12.7. The average molecular weight is 1350 g/mol. The number of hydrogen-bond acceptors (Lipinski definition) is 22. The minimum Gasteiger partial charge on any atom is -0.744 e. The van der Waals surface area contributed by atoms with Crippen LogP contribution < -0.4 is 69.7 Å². The standard InChI is InChI=1S/C54H66Br2N8O16S2.2Na/c1-27(2)39-17-9-29(5)19-41(39)77-53-47(45(55)51(67)79-53)57-31(7)49(65)75-25-35-23-63(61-59-35)37-15-13-33(43(21-37)81(69,70)71)11-12-34-14-16-38(22-44(34)82(72,73)74)64-24-36(60-62-64)26-76-50(66)32(8)58-48-46(56)52(68)80-54(48)78-42-20-30(6)10-18-40(42)28(3)4;;/h11-16,21-24,27-32,39-42,53-54,57-58H,9-10,17-20,25-26H2,1-8H3,(H,69,70,71)(H,72,73,74);;/q;2*+1/p-2/b12-11+;;/t29-,30-,31+,32+,39+,40+,41-,42-,53+,54+;;/m1../s1. The van der Waals surface area contributed by atoms with Crippen LogP contribution >= 0.6 is 31.9 Å². The minimum atomic E-state index is -5.19. The summed E-state index contributed by atoms with van der Waals surface area (Å²) in [7, 11) is -10.4. The van der Waals surface area contributed by atoms with Crippen molar-refractivity contribution in [2.75, 3.05) is 0 Å². The summed E-state index contributed by atoms with van der Waals surface area (Å²) in [5, 5.41) is 22.0. The SMILES string of the molecule is CC(C)[C@@H]1CC[C@@H](C)C[C@H]1O[C@H]1OC(=O)C(Br)=C1N[C@@H](C)C(=O)OCc1cn(-c2ccc(/C=C/c3ccc(-n4cc(COC(=O)[C@H](C)NC5=C(Br)C(=O)O[C@@H]5O[C@@H]5C[C@H](C)CC[C@H]5C(C)C)nn4)cc3S(=O)(=O)[O-])c(S(=O)(=O)[O-])c2)nn1.[Na+].[Na+]. The Morgan fingerprint density at radius 3 is 1.37 bits per heavy atom. The average Bonchev–Trinajstić information content (AvgIpc) is 4.34. The van der Waals surface area contributed by atoms with Crippen molar-refractivity contribution in [1.29, 1.82) is 0 Å². The summed E-state index contributed by atoms with van der Waals surface area (Å²) in [5.74, 6) is -0.661. The van der Waals surface area contributed by atoms with E-state index < -0.39 is 78.6 Å². The van der Waals surface area contributed by atoms with E-state index >= 15 is 0 Å². The number of carbonyl (C=O) groups is 4. The molecule has 0 unspecified atom stereocenters. The number of halogens is 2. The summed E-state index contributed by atoms with van der Waals surface area (Å²) in [6.07, 6.45) is 8.21. The predicted molar refractivity (Wildman–Crippen MR) is 296 cm³/mol. The summed E-state index contributed by atoms with van der Waals surface area (Å²) in [6, 6.07) is 5.39. The number of benzene rings is 2. The van der Waals surface area contributed by atoms with Gasteiger partial charge in [0.25, 0.3) is 0 Å². The van der Waals surface area contributed by atoms with Crippen LogP contribution in [0.15, 0.2) is 78.9 Å². The van der Waals surface area contributed by atoms with Crippen molar-refractivity contribution in [3.63, 3.8) is 0 Å². The van der Waals surface area contributed by atoms with Crippen molar-refractivity contribution in [1.82, 2.24) is 40.6 Å². The van der Waals surface area contributed by atoms with E-state index in [2.05, 4.69) is 105 Å². The van der Waals surface area contributed by atoms with Crippen LogP contribution in [0.2, 0.25) is 0 Å². The van der Waals surface area contributed by atoms with E-state index in [1.807, 2.05) is 0 Å². The van der Waals surface area contributed by atoms with E-state index in [0.29, 0.717) is 23.7 Å². The smallest absolute Gasteiger partial charge is 0.744 e. The maximum atomic E-state index is 13.2. The Labute approximate surface area is 548 Å². The molecule has 30 heteroatoms. The summed E-state index contributed by atoms with van der Waals surface area (Å²) in [5.41, 5.74) is 0.602. The molecule has 4 heterocycles. The van der Waals surface area contributed by atoms with Gasteiger partial charge >= 0.3 is 83.0 Å². The molecule has 2 aromatic carbocycles. The van der Waals surface area contributed by atoms with Gasteiger partial charge in [-0.1, -0.05) is 89.1 Å². The van der Waals surface area contributed by atoms with Gasteiger partial charge in [-0.3, -0.25) is 0 Å². The number of hydrogen-bond donors (Lipinski definition) is 2. The monoisotopic (exact) mass is 1350 g/mol. The molecule has 0 bridgehead atoms. The van der Waals surface area contributed by atoms with Gasteiger partial charge in [0.05, 0.1) is 45.8 Å². The molecule has 444 valence electrons. The molecule has 84 heavy (non-hydrogen) atoms. The van der Waals surface area contributed by atoms with Gasteiger partial charge in [-0.05, 0) is 142 Å². The van der Waals surface area contributed by atoms with E-state index in [9.17, 15) is 45.1 Å². The van der Waals surface area contributed by atoms with Crippen LogP contribution in [-0.4, -0.2) is 117 Å². The largest absolute Gasteiger partial charge is 1.00 e. The van der Waals surface area contributed by atoms with Crippen molar-refractivity contribution in [3.8, 4) is 11.4 Å². The Morgan fingerprint density at radius 2 is 1.02 bits per heavy atom. The third-order valence-electron chi connectivity index (χ3n) is 15.0. The summed E-state index contributed by atoms with van der Waals surface area (Å²) in [4.78, 5) is 50.2. The van der Waals surface area contributed by atoms with Crippen molar-refractivity contribution in [3.05, 3.63) is 91.7 Å². The zero-order valence-corrected chi connectivity index (χ0v) is 57.0. The maximum absolute atomic E-state index is 13.2. The van der Waals surface area contributed by atoms with Gasteiger partial charge < -0.3 is 48.2 Å². The molecule has 10 atom stereocenters. The fraction of sp³-hybridized carbons (Fsp3) is 0.519. The van der Waals surface area contributed by atoms with E-state index in [0.717, 1.165) is 72.2 Å². The van der Waals surface area contributed by atoms with Gasteiger partial charge in [0.2, 0.25) is 12.6 Å². The molecular weight excluding hydrogens is 1290 g/mol. The number of cyclic esters (lactones) is 2. The van der Waals surface area contributed by atoms with Crippen molar-refractivity contribution < 1.29 is 133 Å². The van der Waals surface area contributed by atoms with Gasteiger partial charge in [0, 0.05) is 0 Å². The van der Waals surface area contributed by atoms with Crippen LogP contribution in [0, 0.1) is 35.5 Å². The van der Waals surface area contributed by atoms with E-state index in [-0.39, 0.29) is 151 Å². The van der Waals surface area contributed by atoms with Gasteiger partial charge in [0.15, 0.2) is 0 Å². The second-order valence-corrected chi connectivity index (χ2v) is 26.2. The number of carbonyl (C=O) groups excluding carboxylic acids is 4. The molecule has 0 saturated heterocycles. The quantitative estimate of drug-likeness (QED) is 0.0361. The molecular formula is C54H64Br2N8Na2O16S2. The second-order valence-electron chi connectivity index (χ2n) is 21.9. The zero-order chi connectivity index (χ0) is 59.5. The molecule has 2 aromatic heterocycles. The van der Waals surface area contributed by atoms with Gasteiger partial charge in [0.1, 0.15) is 77.3 Å². The number of rotatable bonds is 22. The number of nitrogens with zero attached hydrogens (tertiary/aromatic N) is 6. The number of nitrogens with one attached hydrogen (secondary N) is 2. The number of ether oxygens (including phenoxy) is 6. The molecule has 0 spiro atoms. The first-order chi connectivity index (χ1) is 38.6. The topological polar surface area (TPSA) is 324 Å². The van der Waals surface area contributed by atoms with E-state index in [4.69, 9.17) is 28.4 Å². The Bertz CT molecular complexity index is 3190. The third-order valence-corrected chi connectivity index (χ3v) is 18.3. The molecule has 24 nitrogen and oxygen atoms in total. The Kier molecular flexibility index (Phi) is 24.2. The van der Waals surface area contributed by atoms with Gasteiger partial charge in [-0.2, -0.15) is 0 Å². The third kappa shape index (κ3) is 17.0. The molecule has 2 saturated carbocycles. The number of esters is 4. The van der Waals surface area contributed by atoms with Crippen LogP contribution in [-0.2, 0) is 81.0 Å². The first kappa shape index (κ1) is 69.2. The Morgan fingerprint density at radius 1 is 0.655 bits per heavy atom. The van der Waals surface area contributed by atoms with Crippen LogP contribution in [0.25, 0.3) is 23.5 Å². The van der Waals surface area contributed by atoms with Crippen molar-refractivity contribution in [2.24, 2.45) is 35.5 Å². The molecule has 4 aliphatic rings. The second kappa shape index (κ2) is 29.4. The molecule has 0 radical (unpaired) electrons. The van der Waals surface area contributed by atoms with E-state index in [1.165, 1.54) is 50.5 Å². The molecule has 0 amide bonds. The normalized spacial score (nSPS) is 23.7. The maximum Gasteiger partial charge on any atom is 1.00 e. The molecule has 2 aliphatic carbocycles. The molecule has 2 aliphatic heterocycles. The first-order valence-corrected chi connectivity index (χ1v) is 31.1. The first-order valence-electron chi connectivity index (χ1n) is 26.7. The molecule has 8 rings (SSSR count).